The molecule has 0 unspecified atom stereocenters. The highest BCUT2D eigenvalue weighted by Crippen LogP contribution is 2.38. The van der Waals surface area contributed by atoms with Crippen LogP contribution in [0.4, 0.5) is 26.2 Å². The van der Waals surface area contributed by atoms with Gasteiger partial charge >= 0.3 is 0 Å². The Hall–Kier alpha value is -3.41. The lowest BCUT2D eigenvalue weighted by Gasteiger charge is -2.47. The van der Waals surface area contributed by atoms with Crippen molar-refractivity contribution in [2.24, 2.45) is 0 Å². The van der Waals surface area contributed by atoms with Gasteiger partial charge in [-0.3, -0.25) is 4.90 Å². The Bertz CT molecular complexity index is 1220. The minimum atomic E-state index is -0.732. The number of hydrogen-bond acceptors (Lipinski definition) is 9. The van der Waals surface area contributed by atoms with Crippen molar-refractivity contribution < 1.29 is 13.9 Å². The maximum Gasteiger partial charge on any atom is 0.229 e. The average molecular weight is 472 g/mol. The second-order valence-corrected chi connectivity index (χ2v) is 9.56. The highest BCUT2D eigenvalue weighted by atomic mass is 19.1. The lowest BCUT2D eigenvalue weighted by molar-refractivity contribution is 0.0500. The summed E-state index contributed by atoms with van der Waals surface area (Å²) in [4.78, 5) is 10.8. The van der Waals surface area contributed by atoms with Gasteiger partial charge in [0, 0.05) is 23.7 Å². The van der Waals surface area contributed by atoms with Crippen LogP contribution in [0.3, 0.4) is 0 Å². The van der Waals surface area contributed by atoms with Crippen LogP contribution in [-0.2, 0) is 0 Å². The van der Waals surface area contributed by atoms with Crippen molar-refractivity contribution in [1.29, 1.82) is 0 Å². The Kier molecular flexibility index (Phi) is 5.54. The number of tetrazole rings is 1. The summed E-state index contributed by atoms with van der Waals surface area (Å²) in [6, 6.07) is 2.82. The molecule has 2 atom stereocenters. The summed E-state index contributed by atoms with van der Waals surface area (Å²) >= 11 is 0. The van der Waals surface area contributed by atoms with Gasteiger partial charge in [0.05, 0.1) is 11.9 Å². The molecule has 180 valence electrons. The van der Waals surface area contributed by atoms with Crippen molar-refractivity contribution in [3.63, 3.8) is 0 Å². The number of piperidine rings is 1. The molecular weight excluding hydrogens is 444 g/mol. The Labute approximate surface area is 195 Å². The van der Waals surface area contributed by atoms with Crippen LogP contribution in [0, 0.1) is 18.6 Å². The largest absolute Gasteiger partial charge is 0.506 e. The summed E-state index contributed by atoms with van der Waals surface area (Å²) < 4.78 is 30.5. The molecule has 0 aliphatic carbocycles. The van der Waals surface area contributed by atoms with Gasteiger partial charge in [-0.2, -0.15) is 9.67 Å². The van der Waals surface area contributed by atoms with Crippen LogP contribution < -0.4 is 10.6 Å². The van der Waals surface area contributed by atoms with E-state index < -0.39 is 11.6 Å². The van der Waals surface area contributed by atoms with Gasteiger partial charge in [0.1, 0.15) is 11.4 Å². The maximum absolute atomic E-state index is 14.6. The first kappa shape index (κ1) is 22.4. The molecule has 2 aliphatic rings. The van der Waals surface area contributed by atoms with Crippen LogP contribution in [0.25, 0.3) is 5.69 Å². The van der Waals surface area contributed by atoms with Crippen molar-refractivity contribution in [2.45, 2.75) is 64.1 Å². The molecule has 0 spiro atoms. The Morgan fingerprint density at radius 1 is 1.21 bits per heavy atom. The van der Waals surface area contributed by atoms with Crippen LogP contribution in [0.5, 0.6) is 5.75 Å². The van der Waals surface area contributed by atoms with Crippen LogP contribution in [-0.4, -0.2) is 64.3 Å². The van der Waals surface area contributed by atoms with Crippen LogP contribution >= 0.6 is 0 Å². The van der Waals surface area contributed by atoms with E-state index in [0.29, 0.717) is 11.9 Å². The van der Waals surface area contributed by atoms with E-state index in [1.807, 2.05) is 0 Å². The fraction of sp³-hybridized carbons (Fsp3) is 0.500. The molecule has 3 aromatic rings. The molecule has 0 bridgehead atoms. The number of fused-ring (bicyclic) bond motifs is 1. The van der Waals surface area contributed by atoms with E-state index >= 15 is 0 Å². The second-order valence-electron chi connectivity index (χ2n) is 9.56. The Morgan fingerprint density at radius 3 is 2.79 bits per heavy atom. The molecule has 5 rings (SSSR count). The fourth-order valence-corrected chi connectivity index (χ4v) is 5.23. The molecule has 2 aliphatic heterocycles. The number of halogens is 2. The third kappa shape index (κ3) is 4.13. The van der Waals surface area contributed by atoms with Crippen molar-refractivity contribution >= 4 is 17.5 Å². The summed E-state index contributed by atoms with van der Waals surface area (Å²) in [6.07, 6.45) is 5.15. The number of phenolic OH excluding ortho intramolecular Hbond substituents is 1. The molecule has 12 heteroatoms. The van der Waals surface area contributed by atoms with Crippen molar-refractivity contribution in [2.75, 3.05) is 17.2 Å². The quantitative estimate of drug-likeness (QED) is 0.482. The van der Waals surface area contributed by atoms with Gasteiger partial charge in [0.15, 0.2) is 23.3 Å². The Balaban J connectivity index is 1.38. The molecule has 2 fully saturated rings. The number of aromatic hydroxyl groups is 1. The van der Waals surface area contributed by atoms with E-state index in [1.165, 1.54) is 17.2 Å². The number of aromatic nitrogens is 6. The second kappa shape index (κ2) is 8.42. The first-order chi connectivity index (χ1) is 16.2. The summed E-state index contributed by atoms with van der Waals surface area (Å²) in [5, 5.41) is 27.3. The van der Waals surface area contributed by atoms with Crippen LogP contribution in [0.2, 0.25) is 0 Å². The minimum absolute atomic E-state index is 0.0133. The van der Waals surface area contributed by atoms with E-state index in [9.17, 15) is 13.9 Å². The number of rotatable bonds is 5. The molecule has 10 nitrogen and oxygen atoms in total. The van der Waals surface area contributed by atoms with E-state index in [-0.39, 0.29) is 40.5 Å². The summed E-state index contributed by atoms with van der Waals surface area (Å²) in [5.74, 6) is -1.14. The van der Waals surface area contributed by atoms with Gasteiger partial charge < -0.3 is 15.7 Å². The topological polar surface area (TPSA) is 117 Å². The predicted octanol–water partition coefficient (Wildman–Crippen LogP) is 3.31. The number of nitrogens with one attached hydrogen (secondary N) is 2. The number of phenols is 1. The van der Waals surface area contributed by atoms with Gasteiger partial charge in [-0.1, -0.05) is 0 Å². The highest BCUT2D eigenvalue weighted by molar-refractivity contribution is 5.63. The summed E-state index contributed by atoms with van der Waals surface area (Å²) in [5.41, 5.74) is 0.180. The van der Waals surface area contributed by atoms with Crippen LogP contribution in [0.15, 0.2) is 18.3 Å². The molecule has 2 aromatic heterocycles. The molecule has 1 aromatic carbocycles. The molecule has 0 saturated carbocycles. The number of benzene rings is 1. The lowest BCUT2D eigenvalue weighted by atomic mass is 9.84. The molecule has 0 amide bonds. The Morgan fingerprint density at radius 2 is 2.03 bits per heavy atom. The highest BCUT2D eigenvalue weighted by Gasteiger charge is 2.43. The van der Waals surface area contributed by atoms with Crippen LogP contribution in [0.1, 0.15) is 45.4 Å². The van der Waals surface area contributed by atoms with E-state index in [4.69, 9.17) is 0 Å². The third-order valence-electron chi connectivity index (χ3n) is 6.71. The van der Waals surface area contributed by atoms with Gasteiger partial charge in [-0.15, -0.1) is 5.10 Å². The standard InChI is InChI=1S/C22H27F2N9O/c1-12-29-30-31-33(12)18-9-17(15(23)8-19(18)34)27-21-25-11-16(24)20(28-21)26-13-7-14-5-4-6-32(14)22(2,3)10-13/h8-9,11,13-14,34H,4-7,10H2,1-3H3,(H2,25,26,27,28)/t13-,14+/m1/s1. The van der Waals surface area contributed by atoms with Crippen molar-refractivity contribution in [1.82, 2.24) is 35.1 Å². The number of hydrogen-bond donors (Lipinski definition) is 3. The lowest BCUT2D eigenvalue weighted by Crippen LogP contribution is -2.55. The molecule has 4 heterocycles. The summed E-state index contributed by atoms with van der Waals surface area (Å²) in [6.45, 7) is 7.19. The smallest absolute Gasteiger partial charge is 0.229 e. The van der Waals surface area contributed by atoms with Gasteiger partial charge in [-0.25, -0.2) is 13.8 Å². The van der Waals surface area contributed by atoms with Crippen molar-refractivity contribution in [3.05, 3.63) is 35.8 Å². The van der Waals surface area contributed by atoms with Gasteiger partial charge in [0.2, 0.25) is 5.95 Å². The molecule has 34 heavy (non-hydrogen) atoms. The van der Waals surface area contributed by atoms with E-state index in [2.05, 4.69) is 54.9 Å². The molecular formula is C22H27F2N9O. The number of aryl methyl sites for hydroxylation is 1. The van der Waals surface area contributed by atoms with E-state index in [1.54, 1.807) is 6.92 Å². The normalized spacial score (nSPS) is 21.9. The van der Waals surface area contributed by atoms with Gasteiger partial charge in [-0.05, 0) is 69.5 Å². The zero-order valence-corrected chi connectivity index (χ0v) is 19.3. The molecule has 3 N–H and O–H groups in total. The number of nitrogens with zero attached hydrogens (tertiary/aromatic N) is 7. The number of anilines is 3. The third-order valence-corrected chi connectivity index (χ3v) is 6.71. The maximum atomic E-state index is 14.6. The molecule has 0 radical (unpaired) electrons. The zero-order valence-electron chi connectivity index (χ0n) is 19.3. The zero-order chi connectivity index (χ0) is 24.0. The fourth-order valence-electron chi connectivity index (χ4n) is 5.23. The SMILES string of the molecule is Cc1nnnn1-c1cc(Nc2ncc(F)c(N[C@@H]3C[C@@H]4CCCN4C(C)(C)C3)n2)c(F)cc1O. The predicted molar refractivity (Wildman–Crippen MR) is 121 cm³/mol. The molecule has 2 saturated heterocycles. The average Bonchev–Trinajstić information content (AvgIpc) is 3.41. The minimum Gasteiger partial charge on any atom is -0.506 e. The van der Waals surface area contributed by atoms with Gasteiger partial charge in [0.25, 0.3) is 0 Å². The first-order valence-electron chi connectivity index (χ1n) is 11.3. The monoisotopic (exact) mass is 471 g/mol. The summed E-state index contributed by atoms with van der Waals surface area (Å²) in [7, 11) is 0. The van der Waals surface area contributed by atoms with Crippen molar-refractivity contribution in [3.8, 4) is 11.4 Å². The first-order valence-corrected chi connectivity index (χ1v) is 11.3. The van der Waals surface area contributed by atoms with E-state index in [0.717, 1.165) is 38.1 Å².